The van der Waals surface area contributed by atoms with E-state index in [2.05, 4.69) is 10.2 Å². The molecule has 1 aliphatic rings. The molecule has 19 heavy (non-hydrogen) atoms. The van der Waals surface area contributed by atoms with E-state index in [-0.39, 0.29) is 12.1 Å². The lowest BCUT2D eigenvalue weighted by Crippen LogP contribution is -2.51. The third-order valence-corrected chi connectivity index (χ3v) is 2.84. The Hall–Kier alpha value is -0.810. The molecule has 1 saturated heterocycles. The first-order chi connectivity index (χ1) is 8.55. The van der Waals surface area contributed by atoms with Crippen LogP contribution in [-0.4, -0.2) is 53.0 Å². The first-order valence-electron chi connectivity index (χ1n) is 6.99. The van der Waals surface area contributed by atoms with Gasteiger partial charge in [0.2, 0.25) is 0 Å². The van der Waals surface area contributed by atoms with Crippen molar-refractivity contribution in [3.05, 3.63) is 0 Å². The summed E-state index contributed by atoms with van der Waals surface area (Å²) in [6.07, 6.45) is 1.63. The van der Waals surface area contributed by atoms with Gasteiger partial charge in [0, 0.05) is 19.1 Å². The Morgan fingerprint density at radius 1 is 1.37 bits per heavy atom. The number of hydrogen-bond acceptors (Lipinski definition) is 4. The van der Waals surface area contributed by atoms with E-state index in [1.165, 1.54) is 0 Å². The Balaban J connectivity index is 2.41. The van der Waals surface area contributed by atoms with Crippen LogP contribution in [0.1, 0.15) is 47.5 Å². The van der Waals surface area contributed by atoms with Crippen molar-refractivity contribution in [2.24, 2.45) is 0 Å². The maximum Gasteiger partial charge on any atom is 0.407 e. The molecule has 1 aliphatic heterocycles. The SMILES string of the molecule is CC(C)(O)CN1CCC[C@@H](NC(=O)OC(C)(C)C)C1. The summed E-state index contributed by atoms with van der Waals surface area (Å²) >= 11 is 0. The quantitative estimate of drug-likeness (QED) is 0.821. The second-order valence-corrected chi connectivity index (χ2v) is 7.03. The number of alkyl carbamates (subject to hydrolysis) is 1. The summed E-state index contributed by atoms with van der Waals surface area (Å²) in [6.45, 7) is 11.5. The molecule has 5 nitrogen and oxygen atoms in total. The average molecular weight is 272 g/mol. The minimum Gasteiger partial charge on any atom is -0.444 e. The van der Waals surface area contributed by atoms with E-state index in [0.717, 1.165) is 25.9 Å². The molecular weight excluding hydrogens is 244 g/mol. The molecule has 0 aromatic carbocycles. The van der Waals surface area contributed by atoms with Gasteiger partial charge in [0.05, 0.1) is 5.60 Å². The molecule has 0 spiro atoms. The van der Waals surface area contributed by atoms with Crippen molar-refractivity contribution in [2.75, 3.05) is 19.6 Å². The second kappa shape index (κ2) is 6.09. The van der Waals surface area contributed by atoms with Gasteiger partial charge in [-0.05, 0) is 54.0 Å². The smallest absolute Gasteiger partial charge is 0.407 e. The van der Waals surface area contributed by atoms with E-state index in [1.54, 1.807) is 13.8 Å². The van der Waals surface area contributed by atoms with Crippen molar-refractivity contribution in [1.29, 1.82) is 0 Å². The van der Waals surface area contributed by atoms with Crippen LogP contribution < -0.4 is 5.32 Å². The number of ether oxygens (including phenoxy) is 1. The molecule has 0 unspecified atom stereocenters. The van der Waals surface area contributed by atoms with E-state index in [4.69, 9.17) is 4.74 Å². The lowest BCUT2D eigenvalue weighted by Gasteiger charge is -2.36. The summed E-state index contributed by atoms with van der Waals surface area (Å²) in [4.78, 5) is 13.9. The molecule has 0 aliphatic carbocycles. The zero-order chi connectivity index (χ0) is 14.7. The highest BCUT2D eigenvalue weighted by Crippen LogP contribution is 2.14. The van der Waals surface area contributed by atoms with Gasteiger partial charge in [-0.2, -0.15) is 0 Å². The Bertz CT molecular complexity index is 305. The zero-order valence-corrected chi connectivity index (χ0v) is 12.8. The van der Waals surface area contributed by atoms with Crippen LogP contribution in [0, 0.1) is 0 Å². The molecule has 0 saturated carbocycles. The maximum atomic E-state index is 11.7. The van der Waals surface area contributed by atoms with E-state index in [9.17, 15) is 9.90 Å². The predicted molar refractivity (Wildman–Crippen MR) is 75.1 cm³/mol. The third-order valence-electron chi connectivity index (χ3n) is 2.84. The highest BCUT2D eigenvalue weighted by molar-refractivity contribution is 5.68. The number of β-amino-alcohol motifs (C(OH)–C–C–N with tert-alkyl or cyclic N) is 1. The molecule has 0 aromatic heterocycles. The largest absolute Gasteiger partial charge is 0.444 e. The van der Waals surface area contributed by atoms with E-state index < -0.39 is 11.2 Å². The van der Waals surface area contributed by atoms with E-state index in [0.29, 0.717) is 6.54 Å². The number of piperidine rings is 1. The van der Waals surface area contributed by atoms with Crippen LogP contribution in [0.5, 0.6) is 0 Å². The fourth-order valence-electron chi connectivity index (χ4n) is 2.34. The first kappa shape index (κ1) is 16.2. The fraction of sp³-hybridized carbons (Fsp3) is 0.929. The van der Waals surface area contributed by atoms with Gasteiger partial charge in [-0.15, -0.1) is 0 Å². The van der Waals surface area contributed by atoms with Gasteiger partial charge in [-0.3, -0.25) is 4.90 Å². The van der Waals surface area contributed by atoms with Crippen LogP contribution in [0.15, 0.2) is 0 Å². The maximum absolute atomic E-state index is 11.7. The summed E-state index contributed by atoms with van der Waals surface area (Å²) in [5, 5.41) is 12.7. The number of likely N-dealkylation sites (tertiary alicyclic amines) is 1. The molecule has 1 fully saturated rings. The number of hydrogen-bond donors (Lipinski definition) is 2. The first-order valence-corrected chi connectivity index (χ1v) is 6.99. The van der Waals surface area contributed by atoms with Gasteiger partial charge in [-0.25, -0.2) is 4.79 Å². The molecule has 2 N–H and O–H groups in total. The number of amides is 1. The van der Waals surface area contributed by atoms with Gasteiger partial charge >= 0.3 is 6.09 Å². The highest BCUT2D eigenvalue weighted by Gasteiger charge is 2.26. The molecule has 1 heterocycles. The molecule has 5 heteroatoms. The summed E-state index contributed by atoms with van der Waals surface area (Å²) in [7, 11) is 0. The normalized spacial score (nSPS) is 22.1. The van der Waals surface area contributed by atoms with Gasteiger partial charge in [-0.1, -0.05) is 0 Å². The molecule has 1 atom stereocenters. The Labute approximate surface area is 116 Å². The van der Waals surface area contributed by atoms with Crippen LogP contribution in [0.4, 0.5) is 4.79 Å². The zero-order valence-electron chi connectivity index (χ0n) is 12.8. The predicted octanol–water partition coefficient (Wildman–Crippen LogP) is 1.75. The number of nitrogens with one attached hydrogen (secondary N) is 1. The molecule has 0 bridgehead atoms. The van der Waals surface area contributed by atoms with E-state index >= 15 is 0 Å². The van der Waals surface area contributed by atoms with Crippen LogP contribution in [0.25, 0.3) is 0 Å². The molecule has 0 aromatic rings. The van der Waals surface area contributed by atoms with E-state index in [1.807, 2.05) is 20.8 Å². The van der Waals surface area contributed by atoms with Crippen LogP contribution >= 0.6 is 0 Å². The number of rotatable bonds is 3. The van der Waals surface area contributed by atoms with Crippen molar-refractivity contribution >= 4 is 6.09 Å². The van der Waals surface area contributed by atoms with Crippen molar-refractivity contribution in [3.8, 4) is 0 Å². The van der Waals surface area contributed by atoms with Crippen molar-refractivity contribution in [2.45, 2.75) is 64.7 Å². The Kier molecular flexibility index (Phi) is 5.21. The number of carbonyl (C=O) groups excluding carboxylic acids is 1. The van der Waals surface area contributed by atoms with Crippen LogP contribution in [0.2, 0.25) is 0 Å². The Morgan fingerprint density at radius 2 is 2.00 bits per heavy atom. The van der Waals surface area contributed by atoms with Crippen molar-refractivity contribution in [3.63, 3.8) is 0 Å². The number of nitrogens with zero attached hydrogens (tertiary/aromatic N) is 1. The average Bonchev–Trinajstić information content (AvgIpc) is 2.11. The Morgan fingerprint density at radius 3 is 2.53 bits per heavy atom. The highest BCUT2D eigenvalue weighted by atomic mass is 16.6. The van der Waals surface area contributed by atoms with Gasteiger partial charge in [0.25, 0.3) is 0 Å². The summed E-state index contributed by atoms with van der Waals surface area (Å²) in [5.41, 5.74) is -1.17. The minimum atomic E-state index is -0.701. The van der Waals surface area contributed by atoms with Gasteiger partial charge in [0.15, 0.2) is 0 Å². The lowest BCUT2D eigenvalue weighted by atomic mass is 10.0. The lowest BCUT2D eigenvalue weighted by molar-refractivity contribution is 0.0217. The number of aliphatic hydroxyl groups is 1. The summed E-state index contributed by atoms with van der Waals surface area (Å²) in [6, 6.07) is 0.103. The third kappa shape index (κ3) is 7.38. The minimum absolute atomic E-state index is 0.103. The molecule has 1 amide bonds. The van der Waals surface area contributed by atoms with Gasteiger partial charge < -0.3 is 15.2 Å². The second-order valence-electron chi connectivity index (χ2n) is 7.03. The topological polar surface area (TPSA) is 61.8 Å². The number of carbonyl (C=O) groups is 1. The molecule has 0 radical (unpaired) electrons. The van der Waals surface area contributed by atoms with Crippen molar-refractivity contribution < 1.29 is 14.6 Å². The summed E-state index contributed by atoms with van der Waals surface area (Å²) < 4.78 is 5.26. The molecule has 1 rings (SSSR count). The van der Waals surface area contributed by atoms with Crippen molar-refractivity contribution in [1.82, 2.24) is 10.2 Å². The van der Waals surface area contributed by atoms with Crippen LogP contribution in [-0.2, 0) is 4.74 Å². The summed E-state index contributed by atoms with van der Waals surface area (Å²) in [5.74, 6) is 0. The van der Waals surface area contributed by atoms with Gasteiger partial charge in [0.1, 0.15) is 5.60 Å². The standard InChI is InChI=1S/C14H28N2O3/c1-13(2,3)19-12(17)15-11-7-6-8-16(9-11)10-14(4,5)18/h11,18H,6-10H2,1-5H3,(H,15,17)/t11-/m1/s1. The molecular formula is C14H28N2O3. The molecule has 112 valence electrons. The fourth-order valence-corrected chi connectivity index (χ4v) is 2.34. The van der Waals surface area contributed by atoms with Crippen LogP contribution in [0.3, 0.4) is 0 Å². The monoisotopic (exact) mass is 272 g/mol.